The molecule has 0 aliphatic carbocycles. The first kappa shape index (κ1) is 17.2. The lowest BCUT2D eigenvalue weighted by atomic mass is 10.2. The second kappa shape index (κ2) is 7.83. The van der Waals surface area contributed by atoms with Crippen LogP contribution in [0.1, 0.15) is 25.7 Å². The normalized spacial score (nSPS) is 11.5. The summed E-state index contributed by atoms with van der Waals surface area (Å²) in [5.41, 5.74) is 0. The summed E-state index contributed by atoms with van der Waals surface area (Å²) in [7, 11) is -3.64. The topological polar surface area (TPSA) is 83.5 Å². The van der Waals surface area contributed by atoms with E-state index in [-0.39, 0.29) is 27.9 Å². The number of aliphatic carboxylic acids is 1. The van der Waals surface area contributed by atoms with Gasteiger partial charge in [0, 0.05) is 23.0 Å². The number of carbonyl (C=O) groups is 1. The molecule has 1 rings (SSSR count). The monoisotopic (exact) mass is 339 g/mol. The molecule has 0 heterocycles. The van der Waals surface area contributed by atoms with Crippen LogP contribution >= 0.6 is 23.2 Å². The standard InChI is InChI=1S/C12H15Cl2NO4S/c13-9-6-10(14)8-11(7-9)20(18,19)15-5-3-1-2-4-12(16)17/h6-8,15H,1-5H2,(H,16,17). The minimum Gasteiger partial charge on any atom is -0.481 e. The van der Waals surface area contributed by atoms with E-state index in [2.05, 4.69) is 4.72 Å². The molecule has 112 valence electrons. The van der Waals surface area contributed by atoms with Gasteiger partial charge >= 0.3 is 5.97 Å². The van der Waals surface area contributed by atoms with Crippen LogP contribution in [0, 0.1) is 0 Å². The van der Waals surface area contributed by atoms with Crippen molar-refractivity contribution in [2.45, 2.75) is 30.6 Å². The molecular weight excluding hydrogens is 325 g/mol. The van der Waals surface area contributed by atoms with Crippen LogP contribution in [0.3, 0.4) is 0 Å². The van der Waals surface area contributed by atoms with Crippen LogP contribution in [0.4, 0.5) is 0 Å². The molecule has 0 unspecified atom stereocenters. The molecule has 8 heteroatoms. The van der Waals surface area contributed by atoms with Crippen LogP contribution in [0.2, 0.25) is 10.0 Å². The summed E-state index contributed by atoms with van der Waals surface area (Å²) in [5, 5.41) is 8.96. The molecule has 0 radical (unpaired) electrons. The van der Waals surface area contributed by atoms with Crippen LogP contribution in [0.5, 0.6) is 0 Å². The Morgan fingerprint density at radius 3 is 2.25 bits per heavy atom. The highest BCUT2D eigenvalue weighted by Crippen LogP contribution is 2.22. The smallest absolute Gasteiger partial charge is 0.303 e. The molecule has 0 fully saturated rings. The lowest BCUT2D eigenvalue weighted by molar-refractivity contribution is -0.137. The molecule has 0 spiro atoms. The molecule has 0 saturated carbocycles. The van der Waals surface area contributed by atoms with E-state index < -0.39 is 16.0 Å². The van der Waals surface area contributed by atoms with Crippen LogP contribution in [-0.2, 0) is 14.8 Å². The Bertz CT molecular complexity index is 555. The summed E-state index contributed by atoms with van der Waals surface area (Å²) in [6.45, 7) is 0.242. The molecule has 2 N–H and O–H groups in total. The lowest BCUT2D eigenvalue weighted by Crippen LogP contribution is -2.24. The molecule has 0 aliphatic heterocycles. The van der Waals surface area contributed by atoms with Gasteiger partial charge in [0.25, 0.3) is 0 Å². The Kier molecular flexibility index (Phi) is 6.75. The van der Waals surface area contributed by atoms with Gasteiger partial charge in [-0.05, 0) is 31.0 Å². The van der Waals surface area contributed by atoms with Crippen molar-refractivity contribution in [3.8, 4) is 0 Å². The van der Waals surface area contributed by atoms with E-state index in [1.54, 1.807) is 0 Å². The SMILES string of the molecule is O=C(O)CCCCCNS(=O)(=O)c1cc(Cl)cc(Cl)c1. The molecule has 0 amide bonds. The molecule has 0 bridgehead atoms. The molecule has 0 aliphatic rings. The van der Waals surface area contributed by atoms with E-state index in [0.717, 1.165) is 0 Å². The Balaban J connectivity index is 2.47. The van der Waals surface area contributed by atoms with E-state index in [0.29, 0.717) is 19.3 Å². The number of hydrogen-bond donors (Lipinski definition) is 2. The average molecular weight is 340 g/mol. The van der Waals surface area contributed by atoms with Gasteiger partial charge in [0.2, 0.25) is 10.0 Å². The molecule has 0 aromatic heterocycles. The Morgan fingerprint density at radius 2 is 1.70 bits per heavy atom. The predicted molar refractivity (Wildman–Crippen MR) is 77.8 cm³/mol. The third-order valence-electron chi connectivity index (χ3n) is 2.51. The number of sulfonamides is 1. The molecule has 0 saturated heterocycles. The zero-order valence-electron chi connectivity index (χ0n) is 10.6. The van der Waals surface area contributed by atoms with Gasteiger partial charge in [-0.15, -0.1) is 0 Å². The van der Waals surface area contributed by atoms with Crippen LogP contribution < -0.4 is 4.72 Å². The number of halogens is 2. The third kappa shape index (κ3) is 6.09. The molecule has 0 atom stereocenters. The van der Waals surface area contributed by atoms with Crippen molar-refractivity contribution in [1.82, 2.24) is 4.72 Å². The maximum Gasteiger partial charge on any atom is 0.303 e. The van der Waals surface area contributed by atoms with E-state index in [9.17, 15) is 13.2 Å². The fourth-order valence-corrected chi connectivity index (χ4v) is 3.35. The van der Waals surface area contributed by atoms with E-state index in [4.69, 9.17) is 28.3 Å². The van der Waals surface area contributed by atoms with Crippen molar-refractivity contribution in [2.75, 3.05) is 6.54 Å². The van der Waals surface area contributed by atoms with Gasteiger partial charge in [0.15, 0.2) is 0 Å². The van der Waals surface area contributed by atoms with Gasteiger partial charge in [-0.2, -0.15) is 0 Å². The fraction of sp³-hybridized carbons (Fsp3) is 0.417. The quantitative estimate of drug-likeness (QED) is 0.713. The highest BCUT2D eigenvalue weighted by molar-refractivity contribution is 7.89. The molecule has 20 heavy (non-hydrogen) atoms. The number of nitrogens with one attached hydrogen (secondary N) is 1. The largest absolute Gasteiger partial charge is 0.481 e. The first-order valence-corrected chi connectivity index (χ1v) is 8.23. The Morgan fingerprint density at radius 1 is 1.10 bits per heavy atom. The van der Waals surface area contributed by atoms with Crippen molar-refractivity contribution >= 4 is 39.2 Å². The summed E-state index contributed by atoms with van der Waals surface area (Å²) in [4.78, 5) is 10.3. The van der Waals surface area contributed by atoms with Gasteiger partial charge < -0.3 is 5.11 Å². The minimum absolute atomic E-state index is 0.0144. The van der Waals surface area contributed by atoms with Crippen LogP contribution in [0.15, 0.2) is 23.1 Å². The second-order valence-corrected chi connectivity index (χ2v) is 6.85. The van der Waals surface area contributed by atoms with E-state index in [1.807, 2.05) is 0 Å². The predicted octanol–water partition coefficient (Wildman–Crippen LogP) is 2.92. The van der Waals surface area contributed by atoms with Gasteiger partial charge in [-0.25, -0.2) is 13.1 Å². The van der Waals surface area contributed by atoms with Crippen molar-refractivity contribution < 1.29 is 18.3 Å². The van der Waals surface area contributed by atoms with Gasteiger partial charge in [0.05, 0.1) is 4.90 Å². The average Bonchev–Trinajstić information content (AvgIpc) is 2.32. The van der Waals surface area contributed by atoms with Crippen molar-refractivity contribution in [1.29, 1.82) is 0 Å². The molecular formula is C12H15Cl2NO4S. The lowest BCUT2D eigenvalue weighted by Gasteiger charge is -2.07. The number of unbranched alkanes of at least 4 members (excludes halogenated alkanes) is 2. The molecule has 1 aromatic carbocycles. The second-order valence-electron chi connectivity index (χ2n) is 4.21. The maximum absolute atomic E-state index is 12.0. The van der Waals surface area contributed by atoms with Crippen LogP contribution in [0.25, 0.3) is 0 Å². The zero-order valence-corrected chi connectivity index (χ0v) is 12.9. The van der Waals surface area contributed by atoms with Crippen molar-refractivity contribution in [3.63, 3.8) is 0 Å². The van der Waals surface area contributed by atoms with E-state index in [1.165, 1.54) is 18.2 Å². The maximum atomic E-state index is 12.0. The third-order valence-corrected chi connectivity index (χ3v) is 4.38. The van der Waals surface area contributed by atoms with Crippen LogP contribution in [-0.4, -0.2) is 26.0 Å². The minimum atomic E-state index is -3.64. The highest BCUT2D eigenvalue weighted by atomic mass is 35.5. The summed E-state index contributed by atoms with van der Waals surface area (Å²) < 4.78 is 26.3. The zero-order chi connectivity index (χ0) is 15.2. The van der Waals surface area contributed by atoms with Gasteiger partial charge in [-0.3, -0.25) is 4.79 Å². The van der Waals surface area contributed by atoms with Crippen molar-refractivity contribution in [3.05, 3.63) is 28.2 Å². The van der Waals surface area contributed by atoms with E-state index >= 15 is 0 Å². The number of rotatable bonds is 8. The number of carboxylic acids is 1. The Labute approximate surface area is 127 Å². The summed E-state index contributed by atoms with van der Waals surface area (Å²) >= 11 is 11.5. The number of benzene rings is 1. The highest BCUT2D eigenvalue weighted by Gasteiger charge is 2.14. The number of carboxylic acid groups (broad SMARTS) is 1. The summed E-state index contributed by atoms with van der Waals surface area (Å²) in [6, 6.07) is 4.09. The molecule has 5 nitrogen and oxygen atoms in total. The number of hydrogen-bond acceptors (Lipinski definition) is 3. The first-order valence-electron chi connectivity index (χ1n) is 5.99. The summed E-state index contributed by atoms with van der Waals surface area (Å²) in [5.74, 6) is -0.848. The van der Waals surface area contributed by atoms with Gasteiger partial charge in [-0.1, -0.05) is 29.6 Å². The molecule has 1 aromatic rings. The Hall–Kier alpha value is -0.820. The first-order chi connectivity index (χ1) is 9.31. The fourth-order valence-electron chi connectivity index (χ4n) is 1.55. The van der Waals surface area contributed by atoms with Gasteiger partial charge in [0.1, 0.15) is 0 Å². The van der Waals surface area contributed by atoms with Crippen molar-refractivity contribution in [2.24, 2.45) is 0 Å². The summed E-state index contributed by atoms with van der Waals surface area (Å²) in [6.07, 6.45) is 1.84.